The van der Waals surface area contributed by atoms with Gasteiger partial charge in [0.15, 0.2) is 0 Å². The molecule has 5 rings (SSSR count). The molecule has 1 atom stereocenters. The molecule has 43 heavy (non-hydrogen) atoms. The van der Waals surface area contributed by atoms with Gasteiger partial charge >= 0.3 is 5.97 Å². The molecule has 0 spiro atoms. The van der Waals surface area contributed by atoms with Crippen molar-refractivity contribution in [1.82, 2.24) is 14.7 Å². The molecule has 226 valence electrons. The molecule has 0 unspecified atom stereocenters. The van der Waals surface area contributed by atoms with Gasteiger partial charge in [-0.25, -0.2) is 4.79 Å². The number of rotatable bonds is 10. The van der Waals surface area contributed by atoms with Gasteiger partial charge in [0.05, 0.1) is 22.3 Å². The van der Waals surface area contributed by atoms with Gasteiger partial charge in [-0.1, -0.05) is 24.3 Å². The topological polar surface area (TPSA) is 121 Å². The summed E-state index contributed by atoms with van der Waals surface area (Å²) in [7, 11) is 0. The number of hydrogen-bond acceptors (Lipinski definition) is 7. The van der Waals surface area contributed by atoms with Gasteiger partial charge < -0.3 is 9.64 Å². The van der Waals surface area contributed by atoms with Gasteiger partial charge in [0.1, 0.15) is 11.6 Å². The predicted molar refractivity (Wildman–Crippen MR) is 156 cm³/mol. The zero-order chi connectivity index (χ0) is 30.9. The summed E-state index contributed by atoms with van der Waals surface area (Å²) < 4.78 is 5.59. The molecule has 10 nitrogen and oxygen atoms in total. The highest BCUT2D eigenvalue weighted by molar-refractivity contribution is 6.22. The van der Waals surface area contributed by atoms with E-state index in [1.165, 1.54) is 9.80 Å². The van der Waals surface area contributed by atoms with Gasteiger partial charge in [-0.05, 0) is 83.6 Å². The fourth-order valence-electron chi connectivity index (χ4n) is 6.15. The molecule has 3 heterocycles. The van der Waals surface area contributed by atoms with Crippen LogP contribution in [0.3, 0.4) is 0 Å². The van der Waals surface area contributed by atoms with Crippen molar-refractivity contribution >= 4 is 35.5 Å². The molecule has 10 heteroatoms. The van der Waals surface area contributed by atoms with Crippen LogP contribution in [0, 0.1) is 5.92 Å². The fourth-order valence-corrected chi connectivity index (χ4v) is 6.15. The number of carbonyl (C=O) groups excluding carboxylic acids is 6. The average molecular weight is 588 g/mol. The molecule has 2 aromatic rings. The van der Waals surface area contributed by atoms with Crippen molar-refractivity contribution in [3.05, 3.63) is 70.8 Å². The van der Waals surface area contributed by atoms with Gasteiger partial charge in [0.2, 0.25) is 5.91 Å². The summed E-state index contributed by atoms with van der Waals surface area (Å²) >= 11 is 0. The van der Waals surface area contributed by atoms with E-state index < -0.39 is 23.5 Å². The van der Waals surface area contributed by atoms with Gasteiger partial charge in [0.25, 0.3) is 23.6 Å². The summed E-state index contributed by atoms with van der Waals surface area (Å²) in [6.07, 6.45) is 2.70. The summed E-state index contributed by atoms with van der Waals surface area (Å²) in [5.41, 5.74) is 0.806. The standard InChI is InChI=1S/C33H37N3O7/c1-33(2,3)43-32(42)26-17-10-18-34(26)27(37)21(11-8-19-35-28(38)22-13-4-5-14-23(22)29(35)39)12-9-20-36-30(40)24-15-6-7-16-25(24)31(36)41/h4-7,13-16,21,26H,8-12,17-20H2,1-3H3/t26-/m0/s1. The van der Waals surface area contributed by atoms with E-state index in [9.17, 15) is 28.8 Å². The third-order valence-electron chi connectivity index (χ3n) is 8.19. The molecule has 0 aromatic heterocycles. The summed E-state index contributed by atoms with van der Waals surface area (Å²) in [5, 5.41) is 0. The van der Waals surface area contributed by atoms with Crippen molar-refractivity contribution in [2.24, 2.45) is 5.92 Å². The maximum absolute atomic E-state index is 13.9. The first-order valence-electron chi connectivity index (χ1n) is 14.9. The lowest BCUT2D eigenvalue weighted by Crippen LogP contribution is -2.46. The normalized spacial score (nSPS) is 18.1. The molecule has 0 bridgehead atoms. The summed E-state index contributed by atoms with van der Waals surface area (Å²) in [6, 6.07) is 12.7. The Morgan fingerprint density at radius 2 is 1.19 bits per heavy atom. The Balaban J connectivity index is 1.26. The van der Waals surface area contributed by atoms with E-state index in [0.29, 0.717) is 67.3 Å². The van der Waals surface area contributed by atoms with Crippen molar-refractivity contribution in [2.45, 2.75) is 70.9 Å². The molecule has 3 aliphatic rings. The Morgan fingerprint density at radius 1 is 0.767 bits per heavy atom. The number of nitrogens with zero attached hydrogens (tertiary/aromatic N) is 3. The molecule has 0 radical (unpaired) electrons. The molecule has 0 saturated carbocycles. The van der Waals surface area contributed by atoms with Crippen LogP contribution >= 0.6 is 0 Å². The molecule has 1 saturated heterocycles. The maximum atomic E-state index is 13.9. The molecular formula is C33H37N3O7. The Bertz CT molecular complexity index is 1330. The monoisotopic (exact) mass is 587 g/mol. The van der Waals surface area contributed by atoms with Gasteiger partial charge in [-0.15, -0.1) is 0 Å². The summed E-state index contributed by atoms with van der Waals surface area (Å²) in [5.74, 6) is -2.56. The third-order valence-corrected chi connectivity index (χ3v) is 8.19. The molecular weight excluding hydrogens is 550 g/mol. The second-order valence-electron chi connectivity index (χ2n) is 12.3. The van der Waals surface area contributed by atoms with E-state index in [2.05, 4.69) is 0 Å². The van der Waals surface area contributed by atoms with Crippen molar-refractivity contribution in [3.8, 4) is 0 Å². The van der Waals surface area contributed by atoms with Gasteiger partial charge in [-0.2, -0.15) is 0 Å². The van der Waals surface area contributed by atoms with Crippen molar-refractivity contribution in [3.63, 3.8) is 0 Å². The van der Waals surface area contributed by atoms with Crippen molar-refractivity contribution in [2.75, 3.05) is 19.6 Å². The second-order valence-corrected chi connectivity index (χ2v) is 12.3. The van der Waals surface area contributed by atoms with Crippen LogP contribution in [0.1, 0.15) is 101 Å². The predicted octanol–water partition coefficient (Wildman–Crippen LogP) is 4.09. The Morgan fingerprint density at radius 3 is 1.58 bits per heavy atom. The van der Waals surface area contributed by atoms with Crippen LogP contribution in [-0.4, -0.2) is 81.5 Å². The highest BCUT2D eigenvalue weighted by atomic mass is 16.6. The van der Waals surface area contributed by atoms with E-state index in [1.54, 1.807) is 74.2 Å². The Hall–Kier alpha value is -4.34. The Labute approximate surface area is 250 Å². The van der Waals surface area contributed by atoms with E-state index in [-0.39, 0.29) is 42.6 Å². The summed E-state index contributed by atoms with van der Waals surface area (Å²) in [4.78, 5) is 82.2. The van der Waals surface area contributed by atoms with Crippen LogP contribution in [-0.2, 0) is 14.3 Å². The van der Waals surface area contributed by atoms with Crippen LogP contribution in [0.15, 0.2) is 48.5 Å². The van der Waals surface area contributed by atoms with Crippen molar-refractivity contribution in [1.29, 1.82) is 0 Å². The number of imide groups is 2. The number of benzene rings is 2. The molecule has 5 amide bonds. The minimum Gasteiger partial charge on any atom is -0.458 e. The first-order valence-corrected chi connectivity index (χ1v) is 14.9. The molecule has 0 aliphatic carbocycles. The van der Waals surface area contributed by atoms with E-state index in [4.69, 9.17) is 4.74 Å². The lowest BCUT2D eigenvalue weighted by Gasteiger charge is -2.30. The first kappa shape index (κ1) is 30.1. The Kier molecular flexibility index (Phi) is 8.48. The molecule has 2 aromatic carbocycles. The van der Waals surface area contributed by atoms with Crippen LogP contribution in [0.4, 0.5) is 0 Å². The number of likely N-dealkylation sites (tertiary alicyclic amines) is 1. The van der Waals surface area contributed by atoms with Gasteiger partial charge in [0, 0.05) is 25.6 Å². The van der Waals surface area contributed by atoms with E-state index in [1.807, 2.05) is 0 Å². The third kappa shape index (κ3) is 6.09. The zero-order valence-corrected chi connectivity index (χ0v) is 24.8. The molecule has 0 N–H and O–H groups in total. The fraction of sp³-hybridized carbons (Fsp3) is 0.455. The molecule has 1 fully saturated rings. The number of hydrogen-bond donors (Lipinski definition) is 0. The average Bonchev–Trinajstić information content (AvgIpc) is 3.63. The minimum absolute atomic E-state index is 0.157. The quantitative estimate of drug-likeness (QED) is 0.303. The van der Waals surface area contributed by atoms with Crippen LogP contribution in [0.2, 0.25) is 0 Å². The van der Waals surface area contributed by atoms with Crippen LogP contribution < -0.4 is 0 Å². The highest BCUT2D eigenvalue weighted by Gasteiger charge is 2.40. The number of amides is 5. The maximum Gasteiger partial charge on any atom is 0.329 e. The lowest BCUT2D eigenvalue weighted by molar-refractivity contribution is -0.164. The number of ether oxygens (including phenoxy) is 1. The lowest BCUT2D eigenvalue weighted by atomic mass is 9.95. The van der Waals surface area contributed by atoms with Crippen LogP contribution in [0.25, 0.3) is 0 Å². The number of carbonyl (C=O) groups is 6. The molecule has 3 aliphatic heterocycles. The van der Waals surface area contributed by atoms with E-state index in [0.717, 1.165) is 0 Å². The zero-order valence-electron chi connectivity index (χ0n) is 24.8. The smallest absolute Gasteiger partial charge is 0.329 e. The van der Waals surface area contributed by atoms with Crippen molar-refractivity contribution < 1.29 is 33.5 Å². The number of fused-ring (bicyclic) bond motifs is 2. The largest absolute Gasteiger partial charge is 0.458 e. The SMILES string of the molecule is CC(C)(C)OC(=O)[C@@H]1CCCN1C(=O)C(CCCN1C(=O)c2ccccc2C1=O)CCCN1C(=O)c2ccccc2C1=O. The number of esters is 1. The first-order chi connectivity index (χ1) is 20.5. The van der Waals surface area contributed by atoms with Gasteiger partial charge in [-0.3, -0.25) is 33.8 Å². The van der Waals surface area contributed by atoms with E-state index >= 15 is 0 Å². The summed E-state index contributed by atoms with van der Waals surface area (Å²) in [6.45, 7) is 6.10. The minimum atomic E-state index is -0.688. The van der Waals surface area contributed by atoms with Crippen LogP contribution in [0.5, 0.6) is 0 Å². The highest BCUT2D eigenvalue weighted by Crippen LogP contribution is 2.29. The second kappa shape index (κ2) is 12.1.